The molecular formula is C23H37N5O. The van der Waals surface area contributed by atoms with Crippen molar-refractivity contribution in [2.45, 2.75) is 39.0 Å². The first-order chi connectivity index (χ1) is 14.3. The molecule has 29 heavy (non-hydrogen) atoms. The van der Waals surface area contributed by atoms with Gasteiger partial charge in [0, 0.05) is 51.7 Å². The van der Waals surface area contributed by atoms with Gasteiger partial charge in [-0.2, -0.15) is 0 Å². The maximum Gasteiger partial charge on any atom is 0.225 e. The van der Waals surface area contributed by atoms with E-state index in [0.717, 1.165) is 77.6 Å². The van der Waals surface area contributed by atoms with Gasteiger partial charge in [0.05, 0.1) is 6.54 Å². The summed E-state index contributed by atoms with van der Waals surface area (Å²) < 4.78 is 0. The second-order valence-electron chi connectivity index (χ2n) is 8.07. The summed E-state index contributed by atoms with van der Waals surface area (Å²) >= 11 is 0. The second-order valence-corrected chi connectivity index (χ2v) is 8.07. The highest BCUT2D eigenvalue weighted by Crippen LogP contribution is 2.26. The predicted molar refractivity (Wildman–Crippen MR) is 119 cm³/mol. The van der Waals surface area contributed by atoms with Gasteiger partial charge in [-0.15, -0.1) is 0 Å². The molecule has 0 aromatic heterocycles. The first-order valence-corrected chi connectivity index (χ1v) is 11.3. The van der Waals surface area contributed by atoms with Crippen LogP contribution >= 0.6 is 0 Å². The number of nitrogens with one attached hydrogen (secondary N) is 2. The number of carbonyl (C=O) groups excluding carboxylic acids is 1. The van der Waals surface area contributed by atoms with Crippen LogP contribution in [0.3, 0.4) is 0 Å². The lowest BCUT2D eigenvalue weighted by Crippen LogP contribution is -2.50. The zero-order valence-electron chi connectivity index (χ0n) is 17.9. The fourth-order valence-corrected chi connectivity index (χ4v) is 4.24. The Bertz CT molecular complexity index is 634. The van der Waals surface area contributed by atoms with E-state index in [0.29, 0.717) is 11.8 Å². The van der Waals surface area contributed by atoms with Gasteiger partial charge in [-0.05, 0) is 31.7 Å². The summed E-state index contributed by atoms with van der Waals surface area (Å²) in [7, 11) is 0. The van der Waals surface area contributed by atoms with Gasteiger partial charge < -0.3 is 15.5 Å². The van der Waals surface area contributed by atoms with Crippen LogP contribution in [-0.2, 0) is 11.2 Å². The molecule has 6 heteroatoms. The standard InChI is InChI=1S/C23H37N5O/c1-2-24-23(25-13-12-20-8-4-3-5-9-20)26-14-15-27-16-18-28(19-17-27)22(29)21-10-6-7-11-21/h3-5,8-9,21H,2,6-7,10-19H2,1H3,(H2,24,25,26). The third kappa shape index (κ3) is 7.03. The van der Waals surface area contributed by atoms with E-state index in [1.54, 1.807) is 0 Å². The Balaban J connectivity index is 1.35. The molecule has 6 nitrogen and oxygen atoms in total. The average molecular weight is 400 g/mol. The molecule has 2 aliphatic rings. The normalized spacial score (nSPS) is 18.8. The molecule has 1 aromatic rings. The van der Waals surface area contributed by atoms with E-state index in [-0.39, 0.29) is 0 Å². The van der Waals surface area contributed by atoms with Crippen molar-refractivity contribution >= 4 is 11.9 Å². The van der Waals surface area contributed by atoms with Crippen LogP contribution in [0.4, 0.5) is 0 Å². The van der Waals surface area contributed by atoms with Gasteiger partial charge in [-0.1, -0.05) is 43.2 Å². The van der Waals surface area contributed by atoms with Gasteiger partial charge >= 0.3 is 0 Å². The number of benzene rings is 1. The summed E-state index contributed by atoms with van der Waals surface area (Å²) in [4.78, 5) is 21.8. The topological polar surface area (TPSA) is 60.0 Å². The minimum absolute atomic E-state index is 0.302. The monoisotopic (exact) mass is 399 g/mol. The van der Waals surface area contributed by atoms with Crippen LogP contribution in [-0.4, -0.2) is 74.0 Å². The van der Waals surface area contributed by atoms with E-state index in [9.17, 15) is 4.79 Å². The molecule has 2 N–H and O–H groups in total. The maximum absolute atomic E-state index is 12.6. The summed E-state index contributed by atoms with van der Waals surface area (Å²) in [5.74, 6) is 1.59. The molecule has 1 aromatic carbocycles. The molecule has 3 rings (SSSR count). The van der Waals surface area contributed by atoms with Crippen molar-refractivity contribution in [2.24, 2.45) is 10.9 Å². The second kappa shape index (κ2) is 11.8. The summed E-state index contributed by atoms with van der Waals surface area (Å²) in [6.45, 7) is 9.21. The summed E-state index contributed by atoms with van der Waals surface area (Å²) in [6.07, 6.45) is 5.63. The Morgan fingerprint density at radius 2 is 1.79 bits per heavy atom. The first-order valence-electron chi connectivity index (χ1n) is 11.3. The number of amides is 1. The minimum atomic E-state index is 0.302. The van der Waals surface area contributed by atoms with Gasteiger partial charge in [-0.25, -0.2) is 0 Å². The van der Waals surface area contributed by atoms with Crippen LogP contribution in [0, 0.1) is 5.92 Å². The van der Waals surface area contributed by atoms with Crippen LogP contribution < -0.4 is 10.6 Å². The molecule has 1 aliphatic carbocycles. The molecule has 2 fully saturated rings. The molecular weight excluding hydrogens is 362 g/mol. The highest BCUT2D eigenvalue weighted by atomic mass is 16.2. The third-order valence-electron chi connectivity index (χ3n) is 5.97. The van der Waals surface area contributed by atoms with Crippen LogP contribution in [0.5, 0.6) is 0 Å². The van der Waals surface area contributed by atoms with E-state index in [2.05, 4.69) is 51.6 Å². The maximum atomic E-state index is 12.6. The van der Waals surface area contributed by atoms with E-state index >= 15 is 0 Å². The lowest BCUT2D eigenvalue weighted by Gasteiger charge is -2.35. The van der Waals surface area contributed by atoms with Crippen LogP contribution in [0.2, 0.25) is 0 Å². The van der Waals surface area contributed by atoms with Crippen LogP contribution in [0.25, 0.3) is 0 Å². The van der Waals surface area contributed by atoms with Crippen molar-refractivity contribution in [1.29, 1.82) is 0 Å². The smallest absolute Gasteiger partial charge is 0.225 e. The summed E-state index contributed by atoms with van der Waals surface area (Å²) in [5, 5.41) is 6.75. The Hall–Kier alpha value is -2.08. The number of hydrogen-bond acceptors (Lipinski definition) is 3. The summed E-state index contributed by atoms with van der Waals surface area (Å²) in [6, 6.07) is 10.5. The third-order valence-corrected chi connectivity index (χ3v) is 5.97. The van der Waals surface area contributed by atoms with E-state index in [1.807, 2.05) is 6.07 Å². The number of carbonyl (C=O) groups is 1. The molecule has 1 heterocycles. The van der Waals surface area contributed by atoms with Crippen molar-refractivity contribution < 1.29 is 4.79 Å². The zero-order chi connectivity index (χ0) is 20.3. The molecule has 0 spiro atoms. The number of nitrogens with zero attached hydrogens (tertiary/aromatic N) is 3. The lowest BCUT2D eigenvalue weighted by atomic mass is 10.1. The zero-order valence-corrected chi connectivity index (χ0v) is 17.9. The van der Waals surface area contributed by atoms with Crippen molar-refractivity contribution in [3.8, 4) is 0 Å². The van der Waals surface area contributed by atoms with Crippen molar-refractivity contribution in [1.82, 2.24) is 20.4 Å². The van der Waals surface area contributed by atoms with Crippen LogP contribution in [0.15, 0.2) is 35.3 Å². The Kier molecular flexibility index (Phi) is 8.81. The van der Waals surface area contributed by atoms with Gasteiger partial charge in [0.25, 0.3) is 0 Å². The predicted octanol–water partition coefficient (Wildman–Crippen LogP) is 2.12. The number of guanidine groups is 1. The van der Waals surface area contributed by atoms with Crippen molar-refractivity contribution in [3.05, 3.63) is 35.9 Å². The molecule has 0 unspecified atom stereocenters. The fraction of sp³-hybridized carbons (Fsp3) is 0.652. The van der Waals surface area contributed by atoms with E-state index < -0.39 is 0 Å². The van der Waals surface area contributed by atoms with Gasteiger partial charge in [0.15, 0.2) is 5.96 Å². The molecule has 0 radical (unpaired) electrons. The molecule has 1 aliphatic heterocycles. The molecule has 0 atom stereocenters. The average Bonchev–Trinajstić information content (AvgIpc) is 3.29. The Morgan fingerprint density at radius 3 is 2.48 bits per heavy atom. The highest BCUT2D eigenvalue weighted by Gasteiger charge is 2.29. The lowest BCUT2D eigenvalue weighted by molar-refractivity contribution is -0.137. The fourth-order valence-electron chi connectivity index (χ4n) is 4.24. The van der Waals surface area contributed by atoms with Gasteiger partial charge in [-0.3, -0.25) is 14.7 Å². The number of hydrogen-bond donors (Lipinski definition) is 2. The molecule has 160 valence electrons. The minimum Gasteiger partial charge on any atom is -0.357 e. The van der Waals surface area contributed by atoms with Gasteiger partial charge in [0.2, 0.25) is 5.91 Å². The Morgan fingerprint density at radius 1 is 1.07 bits per heavy atom. The summed E-state index contributed by atoms with van der Waals surface area (Å²) in [5.41, 5.74) is 1.33. The molecule has 0 bridgehead atoms. The van der Waals surface area contributed by atoms with Crippen molar-refractivity contribution in [3.63, 3.8) is 0 Å². The van der Waals surface area contributed by atoms with E-state index in [1.165, 1.54) is 18.4 Å². The van der Waals surface area contributed by atoms with Gasteiger partial charge in [0.1, 0.15) is 0 Å². The molecule has 1 amide bonds. The molecule has 1 saturated carbocycles. The number of aliphatic imine (C=N–C) groups is 1. The SMILES string of the molecule is CCNC(=NCCN1CCN(C(=O)C2CCCC2)CC1)NCCc1ccccc1. The van der Waals surface area contributed by atoms with Crippen LogP contribution in [0.1, 0.15) is 38.2 Å². The number of piperazine rings is 1. The highest BCUT2D eigenvalue weighted by molar-refractivity contribution is 5.80. The Labute approximate surface area is 175 Å². The molecule has 1 saturated heterocycles. The first kappa shape index (κ1) is 21.6. The van der Waals surface area contributed by atoms with Crippen molar-refractivity contribution in [2.75, 3.05) is 52.4 Å². The largest absolute Gasteiger partial charge is 0.357 e. The van der Waals surface area contributed by atoms with E-state index in [4.69, 9.17) is 4.99 Å². The number of rotatable bonds is 8. The quantitative estimate of drug-likeness (QED) is 0.519.